The number of ether oxygens (including phenoxy) is 3. The van der Waals surface area contributed by atoms with Crippen LogP contribution in [0.4, 0.5) is 22.7 Å². The highest BCUT2D eigenvalue weighted by Gasteiger charge is 2.26. The third-order valence-corrected chi connectivity index (χ3v) is 6.38. The average Bonchev–Trinajstić information content (AvgIpc) is 3.08. The van der Waals surface area contributed by atoms with Gasteiger partial charge in [0.05, 0.1) is 43.7 Å². The summed E-state index contributed by atoms with van der Waals surface area (Å²) >= 11 is 0. The van der Waals surface area contributed by atoms with Crippen molar-refractivity contribution < 1.29 is 47.8 Å². The van der Waals surface area contributed by atoms with Crippen molar-refractivity contribution in [2.24, 2.45) is 20.5 Å². The molecule has 0 aliphatic carbocycles. The molecular formula is C32H30N6O10. The molecule has 0 fully saturated rings. The van der Waals surface area contributed by atoms with Crippen LogP contribution in [0.5, 0.6) is 0 Å². The van der Waals surface area contributed by atoms with Gasteiger partial charge in [0.1, 0.15) is 5.69 Å². The third-order valence-electron chi connectivity index (χ3n) is 6.38. The van der Waals surface area contributed by atoms with Gasteiger partial charge in [0.15, 0.2) is 11.6 Å². The Kier molecular flexibility index (Phi) is 12.6. The molecule has 3 rings (SSSR count). The minimum Gasteiger partial charge on any atom is -0.465 e. The molecule has 16 nitrogen and oxygen atoms in total. The highest BCUT2D eigenvalue weighted by atomic mass is 16.5. The van der Waals surface area contributed by atoms with Gasteiger partial charge in [-0.2, -0.15) is 20.5 Å². The van der Waals surface area contributed by atoms with Gasteiger partial charge in [-0.15, -0.1) is 0 Å². The van der Waals surface area contributed by atoms with Crippen molar-refractivity contribution in [2.75, 3.05) is 32.0 Å². The summed E-state index contributed by atoms with van der Waals surface area (Å²) in [6.45, 7) is 2.27. The van der Waals surface area contributed by atoms with Crippen LogP contribution in [0.3, 0.4) is 0 Å². The Morgan fingerprint density at radius 3 is 1.46 bits per heavy atom. The number of carbonyl (C=O) groups is 7. The Labute approximate surface area is 273 Å². The number of nitrogens with zero attached hydrogens (tertiary/aromatic N) is 4. The van der Waals surface area contributed by atoms with E-state index in [4.69, 9.17) is 9.47 Å². The monoisotopic (exact) mass is 658 g/mol. The van der Waals surface area contributed by atoms with Gasteiger partial charge in [-0.3, -0.25) is 19.2 Å². The predicted molar refractivity (Wildman–Crippen MR) is 169 cm³/mol. The SMILES string of the molecule is COC(=O)c1ccc(C(=O)OC)c(N=NC(C(C)=O)C(=O)Nc2ccc(NC(=O)C(N=Nc3ccccc3C(=O)OC)C(C)=O)cc2)c1. The van der Waals surface area contributed by atoms with Crippen LogP contribution in [0.25, 0.3) is 0 Å². The first-order valence-corrected chi connectivity index (χ1v) is 13.9. The van der Waals surface area contributed by atoms with Crippen molar-refractivity contribution in [1.29, 1.82) is 0 Å². The van der Waals surface area contributed by atoms with Gasteiger partial charge in [0.25, 0.3) is 11.8 Å². The standard InChI is InChI=1S/C32H30N6O10/c1-17(39)26(37-35-24-9-7-6-8-22(24)31(44)47-4)28(41)33-20-11-13-21(14-12-20)34-29(42)27(18(2)40)38-36-25-16-19(30(43)46-3)10-15-23(25)32(45)48-5/h6-16,26-27H,1-5H3,(H,33,41)(H,34,42). The van der Waals surface area contributed by atoms with Crippen LogP contribution in [0.2, 0.25) is 0 Å². The van der Waals surface area contributed by atoms with E-state index in [0.29, 0.717) is 0 Å². The van der Waals surface area contributed by atoms with Gasteiger partial charge in [-0.05, 0) is 68.4 Å². The predicted octanol–water partition coefficient (Wildman–Crippen LogP) is 4.41. The van der Waals surface area contributed by atoms with Crippen LogP contribution in [-0.2, 0) is 33.4 Å². The molecule has 0 aliphatic rings. The second kappa shape index (κ2) is 16.7. The van der Waals surface area contributed by atoms with Crippen molar-refractivity contribution >= 4 is 64.0 Å². The van der Waals surface area contributed by atoms with Crippen LogP contribution in [0.1, 0.15) is 44.9 Å². The summed E-state index contributed by atoms with van der Waals surface area (Å²) in [6, 6.07) is 12.4. The van der Waals surface area contributed by atoms with E-state index in [2.05, 4.69) is 35.8 Å². The maximum atomic E-state index is 13.0. The number of nitrogens with one attached hydrogen (secondary N) is 2. The average molecular weight is 659 g/mol. The fourth-order valence-electron chi connectivity index (χ4n) is 3.92. The molecule has 2 N–H and O–H groups in total. The molecule has 16 heteroatoms. The highest BCUT2D eigenvalue weighted by Crippen LogP contribution is 2.25. The Bertz CT molecular complexity index is 1800. The first kappa shape index (κ1) is 36.0. The number of anilines is 2. The van der Waals surface area contributed by atoms with Gasteiger partial charge in [-0.25, -0.2) is 14.4 Å². The Morgan fingerprint density at radius 2 is 1.00 bits per heavy atom. The molecule has 248 valence electrons. The quantitative estimate of drug-likeness (QED) is 0.114. The molecule has 0 bridgehead atoms. The minimum atomic E-state index is -1.64. The Hall–Kier alpha value is -6.45. The molecule has 3 aromatic rings. The lowest BCUT2D eigenvalue weighted by atomic mass is 10.1. The normalized spacial score (nSPS) is 12.1. The van der Waals surface area contributed by atoms with Gasteiger partial charge >= 0.3 is 17.9 Å². The van der Waals surface area contributed by atoms with E-state index in [9.17, 15) is 33.6 Å². The number of hydrogen-bond acceptors (Lipinski definition) is 14. The van der Waals surface area contributed by atoms with E-state index < -0.39 is 53.4 Å². The van der Waals surface area contributed by atoms with Crippen molar-refractivity contribution in [3.63, 3.8) is 0 Å². The molecule has 3 aromatic carbocycles. The molecular weight excluding hydrogens is 628 g/mol. The van der Waals surface area contributed by atoms with Gasteiger partial charge in [0, 0.05) is 11.4 Å². The number of ketones is 2. The summed E-state index contributed by atoms with van der Waals surface area (Å²) < 4.78 is 14.1. The van der Waals surface area contributed by atoms with Crippen LogP contribution in [0.15, 0.2) is 87.2 Å². The molecule has 2 unspecified atom stereocenters. The smallest absolute Gasteiger partial charge is 0.340 e. The van der Waals surface area contributed by atoms with E-state index in [-0.39, 0.29) is 39.4 Å². The van der Waals surface area contributed by atoms with Crippen LogP contribution in [0, 0.1) is 0 Å². The van der Waals surface area contributed by atoms with Crippen molar-refractivity contribution in [3.8, 4) is 0 Å². The maximum Gasteiger partial charge on any atom is 0.340 e. The summed E-state index contributed by atoms with van der Waals surface area (Å²) in [7, 11) is 3.51. The zero-order chi connectivity index (χ0) is 35.4. The van der Waals surface area contributed by atoms with E-state index in [1.165, 1.54) is 68.8 Å². The number of amides is 2. The number of esters is 3. The molecule has 0 saturated heterocycles. The number of rotatable bonds is 13. The number of methoxy groups -OCH3 is 3. The lowest BCUT2D eigenvalue weighted by Gasteiger charge is -2.12. The van der Waals surface area contributed by atoms with Gasteiger partial charge < -0.3 is 24.8 Å². The molecule has 2 atom stereocenters. The first-order chi connectivity index (χ1) is 22.9. The highest BCUT2D eigenvalue weighted by molar-refractivity contribution is 6.11. The van der Waals surface area contributed by atoms with Crippen molar-refractivity contribution in [1.82, 2.24) is 0 Å². The molecule has 48 heavy (non-hydrogen) atoms. The topological polar surface area (TPSA) is 221 Å². The Balaban J connectivity index is 1.74. The van der Waals surface area contributed by atoms with E-state index in [1.54, 1.807) is 12.1 Å². The molecule has 2 amide bonds. The zero-order valence-corrected chi connectivity index (χ0v) is 26.4. The molecule has 0 spiro atoms. The molecule has 0 heterocycles. The number of Topliss-reactive ketones (excluding diaryl/α,β-unsaturated/α-hetero) is 2. The van der Waals surface area contributed by atoms with Crippen LogP contribution >= 0.6 is 0 Å². The van der Waals surface area contributed by atoms with E-state index >= 15 is 0 Å². The maximum absolute atomic E-state index is 13.0. The lowest BCUT2D eigenvalue weighted by molar-refractivity contribution is -0.127. The summed E-state index contributed by atoms with van der Waals surface area (Å²) in [5.41, 5.74) is 0.467. The summed E-state index contributed by atoms with van der Waals surface area (Å²) in [6.07, 6.45) is 0. The zero-order valence-electron chi connectivity index (χ0n) is 26.4. The lowest BCUT2D eigenvalue weighted by Crippen LogP contribution is -2.32. The largest absolute Gasteiger partial charge is 0.465 e. The Morgan fingerprint density at radius 1 is 0.562 bits per heavy atom. The van der Waals surface area contributed by atoms with E-state index in [0.717, 1.165) is 21.0 Å². The molecule has 0 saturated carbocycles. The van der Waals surface area contributed by atoms with Crippen LogP contribution < -0.4 is 10.6 Å². The summed E-state index contributed by atoms with van der Waals surface area (Å²) in [5.74, 6) is -5.15. The number of benzene rings is 3. The molecule has 0 radical (unpaired) electrons. The second-order valence-corrected chi connectivity index (χ2v) is 9.74. The number of carbonyl (C=O) groups excluding carboxylic acids is 7. The van der Waals surface area contributed by atoms with Gasteiger partial charge in [0.2, 0.25) is 12.1 Å². The third kappa shape index (κ3) is 9.29. The minimum absolute atomic E-state index is 0.0386. The summed E-state index contributed by atoms with van der Waals surface area (Å²) in [4.78, 5) is 86.4. The van der Waals surface area contributed by atoms with Gasteiger partial charge in [-0.1, -0.05) is 12.1 Å². The van der Waals surface area contributed by atoms with Crippen molar-refractivity contribution in [2.45, 2.75) is 25.9 Å². The fraction of sp³-hybridized carbons (Fsp3) is 0.219. The van der Waals surface area contributed by atoms with Crippen molar-refractivity contribution in [3.05, 3.63) is 83.4 Å². The van der Waals surface area contributed by atoms with E-state index in [1.807, 2.05) is 0 Å². The number of hydrogen-bond donors (Lipinski definition) is 2. The summed E-state index contributed by atoms with van der Waals surface area (Å²) in [5, 5.41) is 20.5. The molecule has 0 aliphatic heterocycles. The molecule has 0 aromatic heterocycles. The van der Waals surface area contributed by atoms with Crippen LogP contribution in [-0.4, -0.2) is 74.7 Å². The first-order valence-electron chi connectivity index (χ1n) is 13.9. The number of azo groups is 2. The fourth-order valence-corrected chi connectivity index (χ4v) is 3.92. The second-order valence-electron chi connectivity index (χ2n) is 9.74.